The van der Waals surface area contributed by atoms with Crippen molar-refractivity contribution in [2.24, 2.45) is 0 Å². The largest absolute Gasteiger partial charge is 0.395 e. The maximum Gasteiger partial charge on any atom is 0.0630 e. The van der Waals surface area contributed by atoms with Gasteiger partial charge in [-0.2, -0.15) is 0 Å². The molecule has 1 aromatic carbocycles. The topological polar surface area (TPSA) is 32.3 Å². The van der Waals surface area contributed by atoms with E-state index in [2.05, 4.69) is 37.2 Å². The monoisotopic (exact) mass is 327 g/mol. The summed E-state index contributed by atoms with van der Waals surface area (Å²) in [5.41, 5.74) is 0.901. The second-order valence-corrected chi connectivity index (χ2v) is 4.54. The van der Waals surface area contributed by atoms with E-state index in [0.29, 0.717) is 11.6 Å². The third-order valence-electron chi connectivity index (χ3n) is 1.42. The van der Waals surface area contributed by atoms with E-state index in [9.17, 15) is 0 Å². The van der Waals surface area contributed by atoms with Crippen molar-refractivity contribution in [3.05, 3.63) is 26.1 Å². The Bertz CT molecular complexity index is 283. The predicted octanol–water partition coefficient (Wildman–Crippen LogP) is 3.27. The molecule has 5 heteroatoms. The molecule has 0 spiro atoms. The van der Waals surface area contributed by atoms with E-state index in [-0.39, 0.29) is 6.61 Å². The van der Waals surface area contributed by atoms with Crippen LogP contribution in [-0.2, 0) is 0 Å². The molecular weight excluding hydrogens is 321 g/mol. The Morgan fingerprint density at radius 3 is 2.31 bits per heavy atom. The molecule has 0 aliphatic carbocycles. The molecule has 1 rings (SSSR count). The molecule has 0 saturated heterocycles. The molecule has 0 aromatic heterocycles. The number of aliphatic hydroxyl groups is 1. The van der Waals surface area contributed by atoms with Crippen molar-refractivity contribution in [2.75, 3.05) is 18.5 Å². The number of hydrogen-bond donors (Lipinski definition) is 2. The van der Waals surface area contributed by atoms with Crippen LogP contribution in [-0.4, -0.2) is 18.3 Å². The molecule has 13 heavy (non-hydrogen) atoms. The van der Waals surface area contributed by atoms with Crippen LogP contribution < -0.4 is 5.32 Å². The molecule has 0 atom stereocenters. The van der Waals surface area contributed by atoms with Crippen molar-refractivity contribution >= 4 is 49.1 Å². The van der Waals surface area contributed by atoms with E-state index < -0.39 is 0 Å². The lowest BCUT2D eigenvalue weighted by molar-refractivity contribution is 0.311. The first-order chi connectivity index (χ1) is 6.15. The average molecular weight is 329 g/mol. The van der Waals surface area contributed by atoms with Crippen molar-refractivity contribution in [2.45, 2.75) is 0 Å². The van der Waals surface area contributed by atoms with Gasteiger partial charge < -0.3 is 10.4 Å². The summed E-state index contributed by atoms with van der Waals surface area (Å²) in [5.74, 6) is 0. The Labute approximate surface area is 98.5 Å². The standard InChI is InChI=1S/C8H8Br2ClNO/c9-6-3-5(11)4-7(10)8(6)12-1-2-13/h3-4,12-13H,1-2H2. The Morgan fingerprint density at radius 2 is 1.85 bits per heavy atom. The molecule has 0 saturated carbocycles. The third-order valence-corrected chi connectivity index (χ3v) is 2.89. The summed E-state index contributed by atoms with van der Waals surface area (Å²) in [6.45, 7) is 0.611. The van der Waals surface area contributed by atoms with Gasteiger partial charge in [-0.05, 0) is 44.0 Å². The Balaban J connectivity index is 2.92. The number of aliphatic hydroxyl groups excluding tert-OH is 1. The van der Waals surface area contributed by atoms with Gasteiger partial charge in [0.2, 0.25) is 0 Å². The highest BCUT2D eigenvalue weighted by molar-refractivity contribution is 9.11. The highest BCUT2D eigenvalue weighted by Crippen LogP contribution is 2.33. The number of rotatable bonds is 3. The van der Waals surface area contributed by atoms with Gasteiger partial charge in [-0.25, -0.2) is 0 Å². The fourth-order valence-electron chi connectivity index (χ4n) is 0.892. The van der Waals surface area contributed by atoms with Crippen LogP contribution in [0.5, 0.6) is 0 Å². The Hall–Kier alpha value is 0.230. The summed E-state index contributed by atoms with van der Waals surface area (Å²) < 4.78 is 1.75. The van der Waals surface area contributed by atoms with Gasteiger partial charge in [0.1, 0.15) is 0 Å². The average Bonchev–Trinajstić information content (AvgIpc) is 2.02. The summed E-state index contributed by atoms with van der Waals surface area (Å²) in [6, 6.07) is 3.60. The van der Waals surface area contributed by atoms with Gasteiger partial charge in [-0.1, -0.05) is 11.6 Å². The Kier molecular flexibility index (Phi) is 4.52. The Morgan fingerprint density at radius 1 is 1.31 bits per heavy atom. The van der Waals surface area contributed by atoms with Crippen LogP contribution >= 0.6 is 43.5 Å². The highest BCUT2D eigenvalue weighted by Gasteiger charge is 2.05. The zero-order chi connectivity index (χ0) is 9.84. The van der Waals surface area contributed by atoms with Crippen LogP contribution in [0.1, 0.15) is 0 Å². The summed E-state index contributed by atoms with van der Waals surface area (Å²) >= 11 is 12.6. The lowest BCUT2D eigenvalue weighted by Crippen LogP contribution is -2.06. The van der Waals surface area contributed by atoms with Gasteiger partial charge in [-0.15, -0.1) is 0 Å². The number of hydrogen-bond acceptors (Lipinski definition) is 2. The quantitative estimate of drug-likeness (QED) is 0.892. The molecule has 0 aliphatic heterocycles. The van der Waals surface area contributed by atoms with E-state index in [1.807, 2.05) is 0 Å². The van der Waals surface area contributed by atoms with Crippen LogP contribution in [0.4, 0.5) is 5.69 Å². The predicted molar refractivity (Wildman–Crippen MR) is 62.4 cm³/mol. The van der Waals surface area contributed by atoms with Crippen molar-refractivity contribution in [1.82, 2.24) is 0 Å². The minimum Gasteiger partial charge on any atom is -0.395 e. The van der Waals surface area contributed by atoms with Crippen LogP contribution in [0.2, 0.25) is 5.02 Å². The maximum atomic E-state index is 8.64. The van der Waals surface area contributed by atoms with E-state index >= 15 is 0 Å². The fraction of sp³-hybridized carbons (Fsp3) is 0.250. The zero-order valence-corrected chi connectivity index (χ0v) is 10.6. The molecule has 0 fully saturated rings. The first-order valence-corrected chi connectivity index (χ1v) is 5.61. The van der Waals surface area contributed by atoms with E-state index in [1.165, 1.54) is 0 Å². The lowest BCUT2D eigenvalue weighted by atomic mass is 10.3. The fourth-order valence-corrected chi connectivity index (χ4v) is 2.84. The number of anilines is 1. The highest BCUT2D eigenvalue weighted by atomic mass is 79.9. The molecule has 1 aromatic rings. The van der Waals surface area contributed by atoms with Crippen molar-refractivity contribution < 1.29 is 5.11 Å². The lowest BCUT2D eigenvalue weighted by Gasteiger charge is -2.09. The van der Waals surface area contributed by atoms with Gasteiger partial charge in [0.25, 0.3) is 0 Å². The molecule has 0 amide bonds. The van der Waals surface area contributed by atoms with Crippen molar-refractivity contribution in [3.63, 3.8) is 0 Å². The first kappa shape index (κ1) is 11.3. The summed E-state index contributed by atoms with van der Waals surface area (Å²) in [6.07, 6.45) is 0. The number of nitrogens with one attached hydrogen (secondary N) is 1. The second kappa shape index (κ2) is 5.20. The molecule has 0 heterocycles. The number of benzene rings is 1. The molecule has 2 N–H and O–H groups in total. The van der Waals surface area contributed by atoms with Crippen LogP contribution in [0.25, 0.3) is 0 Å². The minimum atomic E-state index is 0.0987. The van der Waals surface area contributed by atoms with Crippen LogP contribution in [0.3, 0.4) is 0 Å². The van der Waals surface area contributed by atoms with Gasteiger partial charge >= 0.3 is 0 Å². The molecule has 0 bridgehead atoms. The molecule has 72 valence electrons. The maximum absolute atomic E-state index is 8.64. The molecule has 2 nitrogen and oxygen atoms in total. The smallest absolute Gasteiger partial charge is 0.0630 e. The van der Waals surface area contributed by atoms with Crippen LogP contribution in [0.15, 0.2) is 21.1 Å². The molecule has 0 radical (unpaired) electrons. The third kappa shape index (κ3) is 3.13. The van der Waals surface area contributed by atoms with Gasteiger partial charge in [-0.3, -0.25) is 0 Å². The SMILES string of the molecule is OCCNc1c(Br)cc(Cl)cc1Br. The van der Waals surface area contributed by atoms with E-state index in [4.69, 9.17) is 16.7 Å². The van der Waals surface area contributed by atoms with E-state index in [1.54, 1.807) is 12.1 Å². The second-order valence-electron chi connectivity index (χ2n) is 2.39. The molecular formula is C8H8Br2ClNO. The van der Waals surface area contributed by atoms with Gasteiger partial charge in [0.05, 0.1) is 12.3 Å². The summed E-state index contributed by atoms with van der Waals surface area (Å²) in [4.78, 5) is 0. The molecule has 0 unspecified atom stereocenters. The zero-order valence-electron chi connectivity index (χ0n) is 6.65. The van der Waals surface area contributed by atoms with Gasteiger partial charge in [0, 0.05) is 20.5 Å². The summed E-state index contributed by atoms with van der Waals surface area (Å²) in [5, 5.41) is 12.4. The minimum absolute atomic E-state index is 0.0987. The van der Waals surface area contributed by atoms with Crippen LogP contribution in [0, 0.1) is 0 Å². The number of halogens is 3. The van der Waals surface area contributed by atoms with Crippen molar-refractivity contribution in [3.8, 4) is 0 Å². The normalized spacial score (nSPS) is 10.2. The molecule has 0 aliphatic rings. The first-order valence-electron chi connectivity index (χ1n) is 3.64. The summed E-state index contributed by atoms with van der Waals surface area (Å²) in [7, 11) is 0. The van der Waals surface area contributed by atoms with Crippen molar-refractivity contribution in [1.29, 1.82) is 0 Å². The van der Waals surface area contributed by atoms with Gasteiger partial charge in [0.15, 0.2) is 0 Å². The van der Waals surface area contributed by atoms with E-state index in [0.717, 1.165) is 14.6 Å².